The molecule has 0 spiro atoms. The third-order valence-electron chi connectivity index (χ3n) is 3.17. The summed E-state index contributed by atoms with van der Waals surface area (Å²) in [7, 11) is 2.00. The van der Waals surface area contributed by atoms with Crippen molar-refractivity contribution in [3.05, 3.63) is 64.4 Å². The Balaban J connectivity index is 0.00000220. The summed E-state index contributed by atoms with van der Waals surface area (Å²) in [4.78, 5) is 20.4. The molecule has 0 bridgehead atoms. The van der Waals surface area contributed by atoms with E-state index in [2.05, 4.69) is 27.0 Å². The Bertz CT molecular complexity index is 641. The van der Waals surface area contributed by atoms with E-state index >= 15 is 0 Å². The molecule has 0 saturated carbocycles. The fourth-order valence-electron chi connectivity index (χ4n) is 1.86. The van der Waals surface area contributed by atoms with E-state index < -0.39 is 0 Å². The van der Waals surface area contributed by atoms with Gasteiger partial charge in [0.2, 0.25) is 5.56 Å². The van der Waals surface area contributed by atoms with Gasteiger partial charge in [-0.25, -0.2) is 4.99 Å². The number of benzene rings is 1. The number of likely N-dealkylation sites (N-methyl/N-ethyl adjacent to an activating group) is 1. The highest BCUT2D eigenvalue weighted by atomic mass is 35.5. The van der Waals surface area contributed by atoms with Crippen LogP contribution >= 0.6 is 24.8 Å². The van der Waals surface area contributed by atoms with Crippen LogP contribution in [0.3, 0.4) is 0 Å². The van der Waals surface area contributed by atoms with Gasteiger partial charge < -0.3 is 9.88 Å². The number of aromatic nitrogens is 1. The van der Waals surface area contributed by atoms with Crippen molar-refractivity contribution in [1.29, 1.82) is 0 Å². The van der Waals surface area contributed by atoms with Gasteiger partial charge in [-0.1, -0.05) is 36.4 Å². The van der Waals surface area contributed by atoms with Gasteiger partial charge in [0, 0.05) is 19.7 Å². The van der Waals surface area contributed by atoms with Crippen LogP contribution < -0.4 is 5.56 Å². The summed E-state index contributed by atoms with van der Waals surface area (Å²) in [6, 6.07) is 15.3. The number of hydrogen-bond acceptors (Lipinski definition) is 2. The van der Waals surface area contributed by atoms with E-state index in [1.165, 1.54) is 11.6 Å². The van der Waals surface area contributed by atoms with Crippen LogP contribution in [-0.4, -0.2) is 29.3 Å². The highest BCUT2D eigenvalue weighted by molar-refractivity contribution is 5.85. The van der Waals surface area contributed by atoms with Crippen molar-refractivity contribution >= 4 is 36.5 Å². The first-order chi connectivity index (χ1) is 9.65. The number of rotatable bonds is 4. The molecule has 0 aliphatic carbocycles. The Labute approximate surface area is 143 Å². The molecule has 1 aromatic carbocycles. The fourth-order valence-corrected chi connectivity index (χ4v) is 1.86. The second-order valence-corrected chi connectivity index (χ2v) is 4.72. The predicted molar refractivity (Wildman–Crippen MR) is 97.1 cm³/mol. The van der Waals surface area contributed by atoms with Gasteiger partial charge in [0.25, 0.3) is 0 Å². The molecule has 2 rings (SSSR count). The van der Waals surface area contributed by atoms with E-state index in [1.54, 1.807) is 12.1 Å². The van der Waals surface area contributed by atoms with Crippen LogP contribution in [0.1, 0.15) is 12.5 Å². The molecule has 0 unspecified atom stereocenters. The molecule has 1 heterocycles. The van der Waals surface area contributed by atoms with Crippen molar-refractivity contribution in [3.63, 3.8) is 0 Å². The van der Waals surface area contributed by atoms with Gasteiger partial charge in [0.05, 0.1) is 0 Å². The molecular weight excluding hydrogens is 321 g/mol. The largest absolute Gasteiger partial charge is 0.363 e. The van der Waals surface area contributed by atoms with Crippen molar-refractivity contribution in [3.8, 4) is 0 Å². The minimum Gasteiger partial charge on any atom is -0.363 e. The molecule has 4 nitrogen and oxygen atoms in total. The fraction of sp³-hybridized carbons (Fsp3) is 0.250. The molecule has 6 heteroatoms. The zero-order chi connectivity index (χ0) is 14.4. The van der Waals surface area contributed by atoms with E-state index in [9.17, 15) is 4.79 Å². The Hall–Kier alpha value is -1.78. The molecule has 22 heavy (non-hydrogen) atoms. The number of H-pyrrole nitrogens is 1. The maximum Gasteiger partial charge on any atom is 0.249 e. The summed E-state index contributed by atoms with van der Waals surface area (Å²) >= 11 is 0. The summed E-state index contributed by atoms with van der Waals surface area (Å²) in [5.41, 5.74) is 1.17. The standard InChI is InChI=1S/C16H19N3O.2ClH/c1-13(17-15-9-6-10-16(20)18-15)19(2)12-11-14-7-4-3-5-8-14;;/h3-10H,11-12H2,1-2H3,(H,18,20);2*1H/b17-13+;;. The number of pyridine rings is 1. The van der Waals surface area contributed by atoms with Gasteiger partial charge in [-0.05, 0) is 25.0 Å². The Morgan fingerprint density at radius 3 is 2.41 bits per heavy atom. The normalized spacial score (nSPS) is 10.4. The molecule has 2 aromatic rings. The summed E-state index contributed by atoms with van der Waals surface area (Å²) in [5, 5.41) is 0. The van der Waals surface area contributed by atoms with E-state index in [0.29, 0.717) is 5.82 Å². The smallest absolute Gasteiger partial charge is 0.249 e. The molecule has 120 valence electrons. The van der Waals surface area contributed by atoms with E-state index in [0.717, 1.165) is 18.8 Å². The zero-order valence-corrected chi connectivity index (χ0v) is 14.3. The van der Waals surface area contributed by atoms with Gasteiger partial charge >= 0.3 is 0 Å². The topological polar surface area (TPSA) is 48.5 Å². The number of hydrogen-bond donors (Lipinski definition) is 1. The molecule has 1 aromatic heterocycles. The van der Waals surface area contributed by atoms with Crippen molar-refractivity contribution in [2.45, 2.75) is 13.3 Å². The van der Waals surface area contributed by atoms with Gasteiger partial charge in [-0.3, -0.25) is 4.79 Å². The lowest BCUT2D eigenvalue weighted by Crippen LogP contribution is -2.26. The monoisotopic (exact) mass is 341 g/mol. The summed E-state index contributed by atoms with van der Waals surface area (Å²) in [6.07, 6.45) is 0.968. The van der Waals surface area contributed by atoms with Gasteiger partial charge in [0.15, 0.2) is 0 Å². The molecule has 0 saturated heterocycles. The maximum absolute atomic E-state index is 11.2. The molecule has 0 fully saturated rings. The third kappa shape index (κ3) is 6.33. The lowest BCUT2D eigenvalue weighted by molar-refractivity contribution is 0.505. The Morgan fingerprint density at radius 1 is 1.09 bits per heavy atom. The second-order valence-electron chi connectivity index (χ2n) is 4.72. The molecule has 0 atom stereocenters. The van der Waals surface area contributed by atoms with Gasteiger partial charge in [-0.2, -0.15) is 0 Å². The molecule has 0 aliphatic heterocycles. The van der Waals surface area contributed by atoms with Gasteiger partial charge in [0.1, 0.15) is 11.7 Å². The zero-order valence-electron chi connectivity index (χ0n) is 12.7. The quantitative estimate of drug-likeness (QED) is 0.683. The lowest BCUT2D eigenvalue weighted by atomic mass is 10.1. The first-order valence-electron chi connectivity index (χ1n) is 6.65. The molecule has 0 amide bonds. The first kappa shape index (κ1) is 20.2. The highest BCUT2D eigenvalue weighted by Crippen LogP contribution is 2.06. The van der Waals surface area contributed by atoms with E-state index in [-0.39, 0.29) is 30.4 Å². The minimum atomic E-state index is -0.133. The summed E-state index contributed by atoms with van der Waals surface area (Å²) in [5.74, 6) is 1.46. The van der Waals surface area contributed by atoms with E-state index in [4.69, 9.17) is 0 Å². The molecule has 0 aliphatic rings. The number of amidine groups is 1. The number of aliphatic imine (C=N–C) groups is 1. The van der Waals surface area contributed by atoms with Crippen molar-refractivity contribution in [2.75, 3.05) is 13.6 Å². The van der Waals surface area contributed by atoms with Crippen LogP contribution in [0.5, 0.6) is 0 Å². The first-order valence-corrected chi connectivity index (χ1v) is 6.65. The molecular formula is C16H21Cl2N3O. The summed E-state index contributed by atoms with van der Waals surface area (Å²) in [6.45, 7) is 2.83. The van der Waals surface area contributed by atoms with Crippen LogP contribution in [0, 0.1) is 0 Å². The average molecular weight is 342 g/mol. The van der Waals surface area contributed by atoms with Crippen LogP contribution in [0.15, 0.2) is 58.3 Å². The second kappa shape index (κ2) is 10.0. The summed E-state index contributed by atoms with van der Waals surface area (Å²) < 4.78 is 0. The minimum absolute atomic E-state index is 0. The van der Waals surface area contributed by atoms with E-state index in [1.807, 2.05) is 32.2 Å². The number of aromatic amines is 1. The van der Waals surface area contributed by atoms with Crippen LogP contribution in [0.25, 0.3) is 0 Å². The van der Waals surface area contributed by atoms with Crippen LogP contribution in [-0.2, 0) is 6.42 Å². The number of nitrogens with one attached hydrogen (secondary N) is 1. The maximum atomic E-state index is 11.2. The Kier molecular flexibility index (Phi) is 9.22. The highest BCUT2D eigenvalue weighted by Gasteiger charge is 2.02. The van der Waals surface area contributed by atoms with Gasteiger partial charge in [-0.15, -0.1) is 24.8 Å². The van der Waals surface area contributed by atoms with Crippen LogP contribution in [0.2, 0.25) is 0 Å². The number of nitrogens with zero attached hydrogens (tertiary/aromatic N) is 2. The van der Waals surface area contributed by atoms with Crippen molar-refractivity contribution < 1.29 is 0 Å². The number of halogens is 2. The predicted octanol–water partition coefficient (Wildman–Crippen LogP) is 3.44. The molecule has 0 radical (unpaired) electrons. The van der Waals surface area contributed by atoms with Crippen molar-refractivity contribution in [1.82, 2.24) is 9.88 Å². The lowest BCUT2D eigenvalue weighted by Gasteiger charge is -2.18. The molecule has 1 N–H and O–H groups in total. The Morgan fingerprint density at radius 2 is 1.77 bits per heavy atom. The van der Waals surface area contributed by atoms with Crippen LogP contribution in [0.4, 0.5) is 5.82 Å². The van der Waals surface area contributed by atoms with Crippen molar-refractivity contribution in [2.24, 2.45) is 4.99 Å². The third-order valence-corrected chi connectivity index (χ3v) is 3.17. The average Bonchev–Trinajstić information content (AvgIpc) is 2.46. The SMILES string of the molecule is C/C(=N\c1cccc(=O)[nH]1)N(C)CCc1ccccc1.Cl.Cl.